The Morgan fingerprint density at radius 1 is 1.05 bits per heavy atom. The zero-order chi connectivity index (χ0) is 14.2. The van der Waals surface area contributed by atoms with Crippen molar-refractivity contribution >= 4 is 11.0 Å². The molecule has 0 saturated heterocycles. The second kappa shape index (κ2) is 4.78. The van der Waals surface area contributed by atoms with Crippen LogP contribution in [-0.4, -0.2) is 4.98 Å². The summed E-state index contributed by atoms with van der Waals surface area (Å²) in [5.74, 6) is 0. The molecule has 20 heavy (non-hydrogen) atoms. The Labute approximate surface area is 119 Å². The van der Waals surface area contributed by atoms with Crippen LogP contribution in [0.3, 0.4) is 0 Å². The van der Waals surface area contributed by atoms with E-state index >= 15 is 0 Å². The monoisotopic (exact) mass is 265 g/mol. The lowest BCUT2D eigenvalue weighted by atomic mass is 9.88. The normalized spacial score (nSPS) is 11.9. The maximum atomic E-state index is 5.46. The molecule has 0 fully saturated rings. The van der Waals surface area contributed by atoms with Crippen LogP contribution in [0.25, 0.3) is 22.2 Å². The van der Waals surface area contributed by atoms with E-state index in [1.165, 1.54) is 5.56 Å². The number of nitrogens with zero attached hydrogens (tertiary/aromatic N) is 1. The lowest BCUT2D eigenvalue weighted by molar-refractivity contribution is 0.411. The first-order chi connectivity index (χ1) is 9.51. The predicted molar refractivity (Wildman–Crippen MR) is 82.6 cm³/mol. The average Bonchev–Trinajstić information content (AvgIpc) is 2.84. The SMILES string of the molecule is CC(C)(C)Cc1ccnc(-c2ccc3ccoc3c2)c1. The molecule has 0 aliphatic rings. The Hall–Kier alpha value is -2.09. The van der Waals surface area contributed by atoms with Crippen LogP contribution in [0.15, 0.2) is 53.3 Å². The third-order valence-corrected chi connectivity index (χ3v) is 3.31. The summed E-state index contributed by atoms with van der Waals surface area (Å²) in [6.07, 6.45) is 4.66. The Morgan fingerprint density at radius 3 is 2.70 bits per heavy atom. The number of hydrogen-bond acceptors (Lipinski definition) is 2. The fourth-order valence-corrected chi connectivity index (χ4v) is 2.47. The van der Waals surface area contributed by atoms with Crippen LogP contribution in [0.2, 0.25) is 0 Å². The minimum Gasteiger partial charge on any atom is -0.464 e. The third-order valence-electron chi connectivity index (χ3n) is 3.31. The van der Waals surface area contributed by atoms with Crippen molar-refractivity contribution in [2.45, 2.75) is 27.2 Å². The molecule has 0 aliphatic heterocycles. The van der Waals surface area contributed by atoms with Crippen LogP contribution < -0.4 is 0 Å². The second-order valence-electron chi connectivity index (χ2n) is 6.46. The summed E-state index contributed by atoms with van der Waals surface area (Å²) >= 11 is 0. The van der Waals surface area contributed by atoms with Gasteiger partial charge < -0.3 is 4.42 Å². The van der Waals surface area contributed by atoms with Crippen molar-refractivity contribution in [3.05, 3.63) is 54.4 Å². The molecule has 2 nitrogen and oxygen atoms in total. The first kappa shape index (κ1) is 12.9. The summed E-state index contributed by atoms with van der Waals surface area (Å²) in [5.41, 5.74) is 4.62. The van der Waals surface area contributed by atoms with Gasteiger partial charge in [0.1, 0.15) is 5.58 Å². The zero-order valence-corrected chi connectivity index (χ0v) is 12.2. The van der Waals surface area contributed by atoms with Gasteiger partial charge in [-0.3, -0.25) is 4.98 Å². The van der Waals surface area contributed by atoms with Crippen LogP contribution in [0, 0.1) is 5.41 Å². The zero-order valence-electron chi connectivity index (χ0n) is 12.2. The van der Waals surface area contributed by atoms with Gasteiger partial charge in [-0.25, -0.2) is 0 Å². The standard InChI is InChI=1S/C18H19NO/c1-18(2,3)12-13-6-8-19-16(10-13)15-5-4-14-7-9-20-17(14)11-15/h4-11H,12H2,1-3H3. The number of fused-ring (bicyclic) bond motifs is 1. The highest BCUT2D eigenvalue weighted by atomic mass is 16.3. The van der Waals surface area contributed by atoms with Gasteiger partial charge in [0.15, 0.2) is 0 Å². The van der Waals surface area contributed by atoms with Gasteiger partial charge in [-0.2, -0.15) is 0 Å². The topological polar surface area (TPSA) is 26.0 Å². The molecule has 102 valence electrons. The van der Waals surface area contributed by atoms with Gasteiger partial charge in [-0.1, -0.05) is 32.9 Å². The number of hydrogen-bond donors (Lipinski definition) is 0. The van der Waals surface area contributed by atoms with Crippen molar-refractivity contribution < 1.29 is 4.42 Å². The highest BCUT2D eigenvalue weighted by Gasteiger charge is 2.12. The molecule has 3 rings (SSSR count). The molecule has 2 aromatic heterocycles. The highest BCUT2D eigenvalue weighted by molar-refractivity contribution is 5.82. The van der Waals surface area contributed by atoms with E-state index in [4.69, 9.17) is 4.42 Å². The number of aromatic nitrogens is 1. The van der Waals surface area contributed by atoms with E-state index in [-0.39, 0.29) is 5.41 Å². The van der Waals surface area contributed by atoms with Crippen molar-refractivity contribution in [3.63, 3.8) is 0 Å². The summed E-state index contributed by atoms with van der Waals surface area (Å²) in [6, 6.07) is 12.5. The van der Waals surface area contributed by atoms with E-state index in [9.17, 15) is 0 Å². The molecule has 0 atom stereocenters. The molecule has 0 bridgehead atoms. The molecule has 1 aromatic carbocycles. The molecule has 0 saturated carbocycles. The van der Waals surface area contributed by atoms with Gasteiger partial charge in [0, 0.05) is 17.1 Å². The van der Waals surface area contributed by atoms with Crippen molar-refractivity contribution in [3.8, 4) is 11.3 Å². The maximum absolute atomic E-state index is 5.46. The van der Waals surface area contributed by atoms with Crippen LogP contribution in [-0.2, 0) is 6.42 Å². The van der Waals surface area contributed by atoms with Crippen LogP contribution >= 0.6 is 0 Å². The summed E-state index contributed by atoms with van der Waals surface area (Å²) in [4.78, 5) is 4.49. The van der Waals surface area contributed by atoms with Gasteiger partial charge in [-0.05, 0) is 41.7 Å². The lowest BCUT2D eigenvalue weighted by Gasteiger charge is -2.18. The summed E-state index contributed by atoms with van der Waals surface area (Å²) in [6.45, 7) is 6.76. The summed E-state index contributed by atoms with van der Waals surface area (Å²) in [7, 11) is 0. The molecule has 0 unspecified atom stereocenters. The predicted octanol–water partition coefficient (Wildman–Crippen LogP) is 5.08. The highest BCUT2D eigenvalue weighted by Crippen LogP contribution is 2.26. The Morgan fingerprint density at radius 2 is 1.90 bits per heavy atom. The van der Waals surface area contributed by atoms with E-state index in [1.54, 1.807) is 6.26 Å². The number of pyridine rings is 1. The van der Waals surface area contributed by atoms with Gasteiger partial charge in [0.2, 0.25) is 0 Å². The first-order valence-corrected chi connectivity index (χ1v) is 6.94. The second-order valence-corrected chi connectivity index (χ2v) is 6.46. The van der Waals surface area contributed by atoms with Crippen LogP contribution in [0.1, 0.15) is 26.3 Å². The summed E-state index contributed by atoms with van der Waals surface area (Å²) in [5, 5.41) is 1.12. The van der Waals surface area contributed by atoms with Gasteiger partial charge in [0.05, 0.1) is 12.0 Å². The van der Waals surface area contributed by atoms with Gasteiger partial charge in [0.25, 0.3) is 0 Å². The minimum atomic E-state index is 0.281. The molecule has 2 heteroatoms. The molecule has 3 aromatic rings. The minimum absolute atomic E-state index is 0.281. The van der Waals surface area contributed by atoms with Crippen molar-refractivity contribution in [1.29, 1.82) is 0 Å². The average molecular weight is 265 g/mol. The van der Waals surface area contributed by atoms with E-state index in [0.29, 0.717) is 0 Å². The summed E-state index contributed by atoms with van der Waals surface area (Å²) < 4.78 is 5.46. The molecule has 0 aliphatic carbocycles. The molecular formula is C18H19NO. The van der Waals surface area contributed by atoms with E-state index < -0.39 is 0 Å². The fraction of sp³-hybridized carbons (Fsp3) is 0.278. The first-order valence-electron chi connectivity index (χ1n) is 6.94. The van der Waals surface area contributed by atoms with Crippen molar-refractivity contribution in [2.75, 3.05) is 0 Å². The van der Waals surface area contributed by atoms with Crippen molar-refractivity contribution in [2.24, 2.45) is 5.41 Å². The largest absolute Gasteiger partial charge is 0.464 e. The van der Waals surface area contributed by atoms with Crippen LogP contribution in [0.5, 0.6) is 0 Å². The third kappa shape index (κ3) is 2.74. The van der Waals surface area contributed by atoms with Crippen LogP contribution in [0.4, 0.5) is 0 Å². The fourth-order valence-electron chi connectivity index (χ4n) is 2.47. The van der Waals surface area contributed by atoms with E-state index in [1.807, 2.05) is 12.3 Å². The Kier molecular flexibility index (Phi) is 3.09. The quantitative estimate of drug-likeness (QED) is 0.645. The Balaban J connectivity index is 1.98. The van der Waals surface area contributed by atoms with Gasteiger partial charge >= 0.3 is 0 Å². The maximum Gasteiger partial charge on any atom is 0.134 e. The molecule has 0 N–H and O–H groups in total. The lowest BCUT2D eigenvalue weighted by Crippen LogP contribution is -2.09. The molecular weight excluding hydrogens is 246 g/mol. The Bertz CT molecular complexity index is 734. The smallest absolute Gasteiger partial charge is 0.134 e. The molecule has 0 amide bonds. The van der Waals surface area contributed by atoms with Crippen molar-refractivity contribution in [1.82, 2.24) is 4.98 Å². The number of furan rings is 1. The van der Waals surface area contributed by atoms with Gasteiger partial charge in [-0.15, -0.1) is 0 Å². The molecule has 0 radical (unpaired) electrons. The van der Waals surface area contributed by atoms with E-state index in [0.717, 1.165) is 28.6 Å². The molecule has 2 heterocycles. The van der Waals surface area contributed by atoms with E-state index in [2.05, 4.69) is 56.1 Å². The number of benzene rings is 1. The number of rotatable bonds is 2. The molecule has 0 spiro atoms.